The standard InChI is InChI=1S/C19H21FN2O3/c1-13(23)22-18(14-7-9-16(25-2)10-8-14)11-19(24)21-12-15-5-3-4-6-17(15)20/h3-10,18H,11-12H2,1-2H3,(H,21,24)(H,22,23)/t18-/m1/s1. The van der Waals surface area contributed by atoms with E-state index >= 15 is 0 Å². The number of carbonyl (C=O) groups excluding carboxylic acids is 2. The van der Waals surface area contributed by atoms with Crippen molar-refractivity contribution in [1.29, 1.82) is 0 Å². The molecule has 2 N–H and O–H groups in total. The van der Waals surface area contributed by atoms with Crippen molar-refractivity contribution in [3.8, 4) is 5.75 Å². The number of amides is 2. The van der Waals surface area contributed by atoms with Gasteiger partial charge in [-0.25, -0.2) is 4.39 Å². The Labute approximate surface area is 146 Å². The Balaban J connectivity index is 2.01. The van der Waals surface area contributed by atoms with Crippen LogP contribution in [0.2, 0.25) is 0 Å². The molecule has 2 aromatic carbocycles. The molecule has 0 spiro atoms. The molecule has 0 bridgehead atoms. The number of nitrogens with one attached hydrogen (secondary N) is 2. The molecule has 5 nitrogen and oxygen atoms in total. The fraction of sp³-hybridized carbons (Fsp3) is 0.263. The van der Waals surface area contributed by atoms with Crippen molar-refractivity contribution in [3.63, 3.8) is 0 Å². The Bertz CT molecular complexity index is 732. The first kappa shape index (κ1) is 18.4. The smallest absolute Gasteiger partial charge is 0.222 e. The van der Waals surface area contributed by atoms with E-state index in [2.05, 4.69) is 10.6 Å². The molecule has 0 saturated carbocycles. The normalized spacial score (nSPS) is 11.5. The quantitative estimate of drug-likeness (QED) is 0.811. The summed E-state index contributed by atoms with van der Waals surface area (Å²) < 4.78 is 18.7. The lowest BCUT2D eigenvalue weighted by molar-refractivity contribution is -0.122. The monoisotopic (exact) mass is 344 g/mol. The van der Waals surface area contributed by atoms with Gasteiger partial charge in [0.25, 0.3) is 0 Å². The highest BCUT2D eigenvalue weighted by atomic mass is 19.1. The van der Waals surface area contributed by atoms with E-state index in [0.717, 1.165) is 5.56 Å². The minimum atomic E-state index is -0.468. The summed E-state index contributed by atoms with van der Waals surface area (Å²) in [4.78, 5) is 23.6. The zero-order valence-corrected chi connectivity index (χ0v) is 14.2. The van der Waals surface area contributed by atoms with E-state index < -0.39 is 6.04 Å². The average Bonchev–Trinajstić information content (AvgIpc) is 2.60. The molecule has 0 saturated heterocycles. The number of halogens is 1. The fourth-order valence-corrected chi connectivity index (χ4v) is 2.43. The highest BCUT2D eigenvalue weighted by Gasteiger charge is 2.17. The number of benzene rings is 2. The van der Waals surface area contributed by atoms with Gasteiger partial charge >= 0.3 is 0 Å². The van der Waals surface area contributed by atoms with Gasteiger partial charge in [-0.3, -0.25) is 9.59 Å². The van der Waals surface area contributed by atoms with Crippen LogP contribution in [0.5, 0.6) is 5.75 Å². The summed E-state index contributed by atoms with van der Waals surface area (Å²) in [5, 5.41) is 5.44. The number of hydrogen-bond acceptors (Lipinski definition) is 3. The predicted molar refractivity (Wildman–Crippen MR) is 92.4 cm³/mol. The molecular formula is C19H21FN2O3. The first-order valence-electron chi connectivity index (χ1n) is 7.90. The second kappa shape index (κ2) is 8.82. The van der Waals surface area contributed by atoms with Crippen molar-refractivity contribution in [2.45, 2.75) is 25.9 Å². The molecule has 0 aliphatic heterocycles. The molecule has 25 heavy (non-hydrogen) atoms. The SMILES string of the molecule is COc1ccc([C@@H](CC(=O)NCc2ccccc2F)NC(C)=O)cc1. The van der Waals surface area contributed by atoms with Gasteiger partial charge in [0.2, 0.25) is 11.8 Å². The molecule has 6 heteroatoms. The molecule has 0 radical (unpaired) electrons. The molecule has 0 aliphatic rings. The Morgan fingerprint density at radius 1 is 1.12 bits per heavy atom. The summed E-state index contributed by atoms with van der Waals surface area (Å²) in [7, 11) is 1.57. The first-order valence-corrected chi connectivity index (χ1v) is 7.90. The summed E-state index contributed by atoms with van der Waals surface area (Å²) in [6.07, 6.45) is 0.0559. The summed E-state index contributed by atoms with van der Waals surface area (Å²) in [6.45, 7) is 1.49. The second-order valence-electron chi connectivity index (χ2n) is 5.60. The van der Waals surface area contributed by atoms with Gasteiger partial charge in [0.15, 0.2) is 0 Å². The van der Waals surface area contributed by atoms with E-state index in [1.807, 2.05) is 0 Å². The largest absolute Gasteiger partial charge is 0.497 e. The molecule has 0 aliphatic carbocycles. The maximum absolute atomic E-state index is 13.6. The Kier molecular flexibility index (Phi) is 6.51. The lowest BCUT2D eigenvalue weighted by Crippen LogP contribution is -2.32. The Morgan fingerprint density at radius 3 is 2.40 bits per heavy atom. The highest BCUT2D eigenvalue weighted by molar-refractivity contribution is 5.79. The third kappa shape index (κ3) is 5.60. The summed E-state index contributed by atoms with van der Waals surface area (Å²) in [5.41, 5.74) is 1.20. The maximum atomic E-state index is 13.6. The molecule has 132 valence electrons. The van der Waals surface area contributed by atoms with E-state index in [-0.39, 0.29) is 30.6 Å². The lowest BCUT2D eigenvalue weighted by Gasteiger charge is -2.18. The van der Waals surface area contributed by atoms with Crippen molar-refractivity contribution in [2.24, 2.45) is 0 Å². The van der Waals surface area contributed by atoms with Crippen LogP contribution in [0.3, 0.4) is 0 Å². The van der Waals surface area contributed by atoms with Crippen molar-refractivity contribution < 1.29 is 18.7 Å². The van der Waals surface area contributed by atoms with Crippen LogP contribution in [0.25, 0.3) is 0 Å². The van der Waals surface area contributed by atoms with E-state index in [0.29, 0.717) is 11.3 Å². The van der Waals surface area contributed by atoms with E-state index in [1.54, 1.807) is 49.6 Å². The van der Waals surface area contributed by atoms with Gasteiger partial charge < -0.3 is 15.4 Å². The third-order valence-corrected chi connectivity index (χ3v) is 3.72. The van der Waals surface area contributed by atoms with Crippen molar-refractivity contribution in [3.05, 3.63) is 65.5 Å². The number of ether oxygens (including phenoxy) is 1. The van der Waals surface area contributed by atoms with Crippen LogP contribution in [0.15, 0.2) is 48.5 Å². The van der Waals surface area contributed by atoms with E-state index in [9.17, 15) is 14.0 Å². The Morgan fingerprint density at radius 2 is 1.80 bits per heavy atom. The maximum Gasteiger partial charge on any atom is 0.222 e. The van der Waals surface area contributed by atoms with Crippen LogP contribution in [0.1, 0.15) is 30.5 Å². The van der Waals surface area contributed by atoms with Crippen molar-refractivity contribution in [1.82, 2.24) is 10.6 Å². The van der Waals surface area contributed by atoms with E-state index in [4.69, 9.17) is 4.74 Å². The number of carbonyl (C=O) groups is 2. The minimum absolute atomic E-state index is 0.0559. The second-order valence-corrected chi connectivity index (χ2v) is 5.60. The van der Waals surface area contributed by atoms with Crippen LogP contribution >= 0.6 is 0 Å². The fourth-order valence-electron chi connectivity index (χ4n) is 2.43. The molecule has 2 rings (SSSR count). The van der Waals surface area contributed by atoms with Gasteiger partial charge in [-0.15, -0.1) is 0 Å². The van der Waals surface area contributed by atoms with Gasteiger partial charge in [0.1, 0.15) is 11.6 Å². The molecule has 2 aromatic rings. The lowest BCUT2D eigenvalue weighted by atomic mass is 10.0. The molecule has 0 heterocycles. The highest BCUT2D eigenvalue weighted by Crippen LogP contribution is 2.20. The predicted octanol–water partition coefficient (Wildman–Crippen LogP) is 2.72. The molecular weight excluding hydrogens is 323 g/mol. The van der Waals surface area contributed by atoms with Crippen LogP contribution < -0.4 is 15.4 Å². The van der Waals surface area contributed by atoms with Crippen LogP contribution in [-0.4, -0.2) is 18.9 Å². The first-order chi connectivity index (χ1) is 12.0. The van der Waals surface area contributed by atoms with Gasteiger partial charge in [-0.1, -0.05) is 30.3 Å². The zero-order valence-electron chi connectivity index (χ0n) is 14.2. The Hall–Kier alpha value is -2.89. The third-order valence-electron chi connectivity index (χ3n) is 3.72. The van der Waals surface area contributed by atoms with Crippen LogP contribution in [0.4, 0.5) is 4.39 Å². The number of hydrogen-bond donors (Lipinski definition) is 2. The van der Waals surface area contributed by atoms with E-state index in [1.165, 1.54) is 13.0 Å². The van der Waals surface area contributed by atoms with Gasteiger partial charge in [0, 0.05) is 19.0 Å². The summed E-state index contributed by atoms with van der Waals surface area (Å²) in [6, 6.07) is 12.9. The van der Waals surface area contributed by atoms with Crippen molar-refractivity contribution in [2.75, 3.05) is 7.11 Å². The molecule has 1 atom stereocenters. The molecule has 0 unspecified atom stereocenters. The zero-order chi connectivity index (χ0) is 18.2. The summed E-state index contributed by atoms with van der Waals surface area (Å²) >= 11 is 0. The molecule has 2 amide bonds. The topological polar surface area (TPSA) is 67.4 Å². The van der Waals surface area contributed by atoms with Crippen LogP contribution in [0, 0.1) is 5.82 Å². The van der Waals surface area contributed by atoms with Crippen LogP contribution in [-0.2, 0) is 16.1 Å². The van der Waals surface area contributed by atoms with Gasteiger partial charge in [0.05, 0.1) is 19.6 Å². The molecule has 0 fully saturated rings. The van der Waals surface area contributed by atoms with Gasteiger partial charge in [-0.05, 0) is 23.8 Å². The number of methoxy groups -OCH3 is 1. The number of rotatable bonds is 7. The summed E-state index contributed by atoms with van der Waals surface area (Å²) in [5.74, 6) is -0.189. The average molecular weight is 344 g/mol. The molecule has 0 aromatic heterocycles. The van der Waals surface area contributed by atoms with Gasteiger partial charge in [-0.2, -0.15) is 0 Å². The van der Waals surface area contributed by atoms with Crippen molar-refractivity contribution >= 4 is 11.8 Å². The minimum Gasteiger partial charge on any atom is -0.497 e.